The van der Waals surface area contributed by atoms with Gasteiger partial charge < -0.3 is 15.2 Å². The lowest BCUT2D eigenvalue weighted by Gasteiger charge is -2.17. The number of nitrogens with one attached hydrogen (secondary N) is 1. The molecule has 0 aliphatic carbocycles. The van der Waals surface area contributed by atoms with Gasteiger partial charge in [0.1, 0.15) is 12.3 Å². The van der Waals surface area contributed by atoms with Gasteiger partial charge in [-0.3, -0.25) is 4.79 Å². The van der Waals surface area contributed by atoms with Gasteiger partial charge in [0.15, 0.2) is 0 Å². The molecule has 1 aromatic rings. The predicted molar refractivity (Wildman–Crippen MR) is 78.7 cm³/mol. The van der Waals surface area contributed by atoms with Gasteiger partial charge in [-0.15, -0.1) is 0 Å². The van der Waals surface area contributed by atoms with Crippen molar-refractivity contribution in [2.24, 2.45) is 5.92 Å². The molecule has 1 aliphatic heterocycles. The van der Waals surface area contributed by atoms with Gasteiger partial charge in [-0.05, 0) is 25.0 Å². The van der Waals surface area contributed by atoms with Crippen molar-refractivity contribution < 1.29 is 14.6 Å². The second kappa shape index (κ2) is 7.77. The molecule has 1 saturated heterocycles. The first kappa shape index (κ1) is 15.5. The van der Waals surface area contributed by atoms with Gasteiger partial charge >= 0.3 is 0 Å². The third-order valence-electron chi connectivity index (χ3n) is 3.60. The van der Waals surface area contributed by atoms with Crippen molar-refractivity contribution in [1.82, 2.24) is 10.3 Å². The highest BCUT2D eigenvalue weighted by molar-refractivity contribution is 5.94. The second-order valence-electron chi connectivity index (χ2n) is 4.94. The van der Waals surface area contributed by atoms with E-state index in [2.05, 4.69) is 29.1 Å². The van der Waals surface area contributed by atoms with Crippen LogP contribution in [0.5, 0.6) is 0 Å². The van der Waals surface area contributed by atoms with Crippen LogP contribution in [-0.4, -0.2) is 41.9 Å². The highest BCUT2D eigenvalue weighted by atomic mass is 16.5. The minimum atomic E-state index is -0.243. The van der Waals surface area contributed by atoms with Crippen molar-refractivity contribution in [3.8, 4) is 11.8 Å². The molecule has 2 unspecified atom stereocenters. The minimum absolute atomic E-state index is 0.225. The summed E-state index contributed by atoms with van der Waals surface area (Å²) in [7, 11) is 0. The number of carbonyl (C=O) groups excluding carboxylic acids is 1. The summed E-state index contributed by atoms with van der Waals surface area (Å²) in [5.41, 5.74) is 0.823. The van der Waals surface area contributed by atoms with Crippen LogP contribution in [0.1, 0.15) is 35.8 Å². The van der Waals surface area contributed by atoms with E-state index in [1.807, 2.05) is 0 Å². The number of nitrogens with zero attached hydrogens (tertiary/aromatic N) is 1. The van der Waals surface area contributed by atoms with Gasteiger partial charge in [0, 0.05) is 25.3 Å². The number of aliphatic hydroxyl groups excluding tert-OH is 1. The number of carbonyl (C=O) groups is 1. The molecule has 112 valence electrons. The van der Waals surface area contributed by atoms with Crippen LogP contribution in [0.2, 0.25) is 0 Å². The molecule has 1 fully saturated rings. The van der Waals surface area contributed by atoms with Crippen LogP contribution in [-0.2, 0) is 4.74 Å². The average Bonchev–Trinajstić information content (AvgIpc) is 2.98. The van der Waals surface area contributed by atoms with Crippen LogP contribution < -0.4 is 5.32 Å². The van der Waals surface area contributed by atoms with E-state index in [9.17, 15) is 4.79 Å². The Bertz CT molecular complexity index is 548. The molecule has 0 aromatic carbocycles. The molecule has 2 rings (SSSR count). The van der Waals surface area contributed by atoms with Gasteiger partial charge in [-0.25, -0.2) is 4.98 Å². The standard InChI is InChI=1S/C16H20N2O3/c1-2-14-13(7-10-21-14)11-18-16(20)15-12(6-4-9-19)5-3-8-17-15/h3,5,8,13-14,19H,2,7,9-11H2,1H3,(H,18,20). The molecule has 2 atom stereocenters. The number of aromatic nitrogens is 1. The van der Waals surface area contributed by atoms with E-state index in [1.165, 1.54) is 0 Å². The van der Waals surface area contributed by atoms with Crippen LogP contribution in [0.25, 0.3) is 0 Å². The Hall–Kier alpha value is -1.90. The van der Waals surface area contributed by atoms with E-state index < -0.39 is 0 Å². The highest BCUT2D eigenvalue weighted by Gasteiger charge is 2.27. The smallest absolute Gasteiger partial charge is 0.271 e. The largest absolute Gasteiger partial charge is 0.384 e. The molecule has 2 N–H and O–H groups in total. The topological polar surface area (TPSA) is 71.5 Å². The van der Waals surface area contributed by atoms with Gasteiger partial charge in [-0.2, -0.15) is 0 Å². The molecular formula is C16H20N2O3. The number of aliphatic hydroxyl groups is 1. The number of pyridine rings is 1. The second-order valence-corrected chi connectivity index (χ2v) is 4.94. The predicted octanol–water partition coefficient (Wildman–Crippen LogP) is 0.970. The Balaban J connectivity index is 2.00. The zero-order chi connectivity index (χ0) is 15.1. The van der Waals surface area contributed by atoms with E-state index in [-0.39, 0.29) is 18.6 Å². The summed E-state index contributed by atoms with van der Waals surface area (Å²) in [5, 5.41) is 11.7. The number of rotatable bonds is 4. The maximum atomic E-state index is 12.2. The fourth-order valence-electron chi connectivity index (χ4n) is 2.51. The van der Waals surface area contributed by atoms with Crippen LogP contribution >= 0.6 is 0 Å². The third kappa shape index (κ3) is 4.03. The van der Waals surface area contributed by atoms with Crippen LogP contribution in [0.15, 0.2) is 18.3 Å². The van der Waals surface area contributed by atoms with Crippen molar-refractivity contribution in [2.45, 2.75) is 25.9 Å². The van der Waals surface area contributed by atoms with E-state index in [1.54, 1.807) is 18.3 Å². The quantitative estimate of drug-likeness (QED) is 0.810. The van der Waals surface area contributed by atoms with Gasteiger partial charge in [0.2, 0.25) is 0 Å². The van der Waals surface area contributed by atoms with E-state index in [0.717, 1.165) is 19.4 Å². The average molecular weight is 288 g/mol. The SMILES string of the molecule is CCC1OCCC1CNC(=O)c1ncccc1C#CCO. The summed E-state index contributed by atoms with van der Waals surface area (Å²) in [6.07, 6.45) is 3.71. The van der Waals surface area contributed by atoms with Gasteiger partial charge in [-0.1, -0.05) is 18.8 Å². The third-order valence-corrected chi connectivity index (χ3v) is 3.60. The maximum Gasteiger partial charge on any atom is 0.271 e. The summed E-state index contributed by atoms with van der Waals surface area (Å²) >= 11 is 0. The van der Waals surface area contributed by atoms with Crippen molar-refractivity contribution in [3.05, 3.63) is 29.6 Å². The molecule has 0 radical (unpaired) electrons. The summed E-state index contributed by atoms with van der Waals surface area (Å²) in [5.74, 6) is 5.40. The number of hydrogen-bond acceptors (Lipinski definition) is 4. The molecule has 5 nitrogen and oxygen atoms in total. The normalized spacial score (nSPS) is 20.7. The summed E-state index contributed by atoms with van der Waals surface area (Å²) in [4.78, 5) is 16.3. The molecule has 1 aromatic heterocycles. The first-order chi connectivity index (χ1) is 10.3. The van der Waals surface area contributed by atoms with Crippen molar-refractivity contribution >= 4 is 5.91 Å². The summed E-state index contributed by atoms with van der Waals surface area (Å²) in [6.45, 7) is 3.19. The van der Waals surface area contributed by atoms with Crippen LogP contribution in [0, 0.1) is 17.8 Å². The molecule has 5 heteroatoms. The Morgan fingerprint density at radius 2 is 2.48 bits per heavy atom. The lowest BCUT2D eigenvalue weighted by Crippen LogP contribution is -2.33. The Kier molecular flexibility index (Phi) is 5.73. The Morgan fingerprint density at radius 1 is 1.62 bits per heavy atom. The monoisotopic (exact) mass is 288 g/mol. The zero-order valence-corrected chi connectivity index (χ0v) is 12.1. The van der Waals surface area contributed by atoms with Gasteiger partial charge in [0.05, 0.1) is 11.7 Å². The highest BCUT2D eigenvalue weighted by Crippen LogP contribution is 2.22. The molecule has 21 heavy (non-hydrogen) atoms. The maximum absolute atomic E-state index is 12.2. The Morgan fingerprint density at radius 3 is 3.24 bits per heavy atom. The van der Waals surface area contributed by atoms with E-state index in [4.69, 9.17) is 9.84 Å². The number of ether oxygens (including phenoxy) is 1. The lowest BCUT2D eigenvalue weighted by atomic mass is 9.99. The fraction of sp³-hybridized carbons (Fsp3) is 0.500. The number of amides is 1. The zero-order valence-electron chi connectivity index (χ0n) is 12.1. The molecule has 0 saturated carbocycles. The van der Waals surface area contributed by atoms with Crippen molar-refractivity contribution in [1.29, 1.82) is 0 Å². The van der Waals surface area contributed by atoms with Crippen molar-refractivity contribution in [2.75, 3.05) is 19.8 Å². The molecule has 1 amide bonds. The summed E-state index contributed by atoms with van der Waals surface area (Å²) in [6, 6.07) is 3.44. The first-order valence-electron chi connectivity index (χ1n) is 7.20. The summed E-state index contributed by atoms with van der Waals surface area (Å²) < 4.78 is 5.61. The van der Waals surface area contributed by atoms with Crippen molar-refractivity contribution in [3.63, 3.8) is 0 Å². The first-order valence-corrected chi connectivity index (χ1v) is 7.20. The minimum Gasteiger partial charge on any atom is -0.384 e. The van der Waals surface area contributed by atoms with Crippen LogP contribution in [0.4, 0.5) is 0 Å². The molecular weight excluding hydrogens is 268 g/mol. The molecule has 1 aliphatic rings. The van der Waals surface area contributed by atoms with E-state index in [0.29, 0.717) is 23.7 Å². The Labute approximate surface area is 124 Å². The van der Waals surface area contributed by atoms with Gasteiger partial charge in [0.25, 0.3) is 5.91 Å². The van der Waals surface area contributed by atoms with Crippen LogP contribution in [0.3, 0.4) is 0 Å². The fourth-order valence-corrected chi connectivity index (χ4v) is 2.51. The molecule has 0 spiro atoms. The van der Waals surface area contributed by atoms with E-state index >= 15 is 0 Å². The number of hydrogen-bond donors (Lipinski definition) is 2. The molecule has 0 bridgehead atoms. The molecule has 2 heterocycles. The lowest BCUT2D eigenvalue weighted by molar-refractivity contribution is 0.0825.